The lowest BCUT2D eigenvalue weighted by Crippen LogP contribution is -2.21. The van der Waals surface area contributed by atoms with Crippen molar-refractivity contribution < 1.29 is 0 Å². The summed E-state index contributed by atoms with van der Waals surface area (Å²) in [5.74, 6) is 0.803. The summed E-state index contributed by atoms with van der Waals surface area (Å²) in [6.45, 7) is 6.66. The molecule has 1 atom stereocenters. The molecule has 1 saturated heterocycles. The summed E-state index contributed by atoms with van der Waals surface area (Å²) >= 11 is 1.88. The smallest absolute Gasteiger partial charge is 0.0934 e. The Bertz CT molecular complexity index is 292. The number of aryl methyl sites for hydroxylation is 2. The molecule has 0 spiro atoms. The molecule has 1 aliphatic rings. The predicted molar refractivity (Wildman–Crippen MR) is 65.5 cm³/mol. The van der Waals surface area contributed by atoms with Crippen LogP contribution >= 0.6 is 11.3 Å². The molecule has 0 aliphatic carbocycles. The lowest BCUT2D eigenvalue weighted by atomic mass is 10.0. The van der Waals surface area contributed by atoms with Crippen LogP contribution in [0, 0.1) is 19.8 Å². The highest BCUT2D eigenvalue weighted by molar-refractivity contribution is 7.11. The molecule has 0 aromatic carbocycles. The topological polar surface area (TPSA) is 24.9 Å². The van der Waals surface area contributed by atoms with Crippen molar-refractivity contribution in [3.8, 4) is 0 Å². The maximum Gasteiger partial charge on any atom is 0.0934 e. The van der Waals surface area contributed by atoms with Gasteiger partial charge in [-0.05, 0) is 45.7 Å². The van der Waals surface area contributed by atoms with Gasteiger partial charge in [-0.1, -0.05) is 6.42 Å². The molecule has 2 nitrogen and oxygen atoms in total. The highest BCUT2D eigenvalue weighted by Gasteiger charge is 2.14. The largest absolute Gasteiger partial charge is 0.316 e. The van der Waals surface area contributed by atoms with Gasteiger partial charge in [-0.25, -0.2) is 4.98 Å². The van der Waals surface area contributed by atoms with Crippen LogP contribution in [-0.2, 0) is 6.42 Å². The van der Waals surface area contributed by atoms with Crippen LogP contribution in [0.1, 0.15) is 34.8 Å². The van der Waals surface area contributed by atoms with Crippen molar-refractivity contribution in [1.82, 2.24) is 10.3 Å². The molecule has 1 aromatic rings. The van der Waals surface area contributed by atoms with Gasteiger partial charge in [0.05, 0.1) is 10.7 Å². The lowest BCUT2D eigenvalue weighted by molar-refractivity contribution is 0.476. The minimum Gasteiger partial charge on any atom is -0.316 e. The van der Waals surface area contributed by atoms with Crippen molar-refractivity contribution in [2.45, 2.75) is 39.5 Å². The summed E-state index contributed by atoms with van der Waals surface area (Å²) in [4.78, 5) is 6.01. The highest BCUT2D eigenvalue weighted by atomic mass is 32.1. The van der Waals surface area contributed by atoms with Gasteiger partial charge in [0, 0.05) is 11.3 Å². The van der Waals surface area contributed by atoms with E-state index in [1.807, 2.05) is 11.3 Å². The predicted octanol–water partition coefficient (Wildman–Crippen LogP) is 2.69. The summed E-state index contributed by atoms with van der Waals surface area (Å²) in [7, 11) is 0. The first-order valence-electron chi connectivity index (χ1n) is 5.89. The molecule has 1 N–H and O–H groups in total. The third-order valence-electron chi connectivity index (χ3n) is 3.19. The molecule has 0 radical (unpaired) electrons. The maximum atomic E-state index is 4.63. The van der Waals surface area contributed by atoms with Crippen LogP contribution in [0.2, 0.25) is 0 Å². The van der Waals surface area contributed by atoms with E-state index in [-0.39, 0.29) is 0 Å². The fourth-order valence-electron chi connectivity index (χ4n) is 2.14. The van der Waals surface area contributed by atoms with E-state index in [2.05, 4.69) is 24.1 Å². The zero-order valence-electron chi connectivity index (χ0n) is 9.68. The van der Waals surface area contributed by atoms with Crippen molar-refractivity contribution in [3.05, 3.63) is 15.6 Å². The Balaban J connectivity index is 1.95. The van der Waals surface area contributed by atoms with E-state index < -0.39 is 0 Å². The van der Waals surface area contributed by atoms with Gasteiger partial charge in [0.2, 0.25) is 0 Å². The number of nitrogens with one attached hydrogen (secondary N) is 1. The van der Waals surface area contributed by atoms with Gasteiger partial charge >= 0.3 is 0 Å². The van der Waals surface area contributed by atoms with E-state index in [0.717, 1.165) is 5.92 Å². The van der Waals surface area contributed by atoms with Gasteiger partial charge in [0.15, 0.2) is 0 Å². The number of thiazole rings is 1. The van der Waals surface area contributed by atoms with Gasteiger partial charge in [0.25, 0.3) is 0 Å². The zero-order valence-corrected chi connectivity index (χ0v) is 10.5. The van der Waals surface area contributed by atoms with Crippen molar-refractivity contribution >= 4 is 11.3 Å². The third kappa shape index (κ3) is 3.02. The van der Waals surface area contributed by atoms with Crippen LogP contribution in [0.5, 0.6) is 0 Å². The molecule has 1 fully saturated rings. The maximum absolute atomic E-state index is 4.63. The second-order valence-electron chi connectivity index (χ2n) is 4.52. The molecule has 2 heterocycles. The summed E-state index contributed by atoms with van der Waals surface area (Å²) in [5.41, 5.74) is 1.22. The van der Waals surface area contributed by atoms with Crippen molar-refractivity contribution in [1.29, 1.82) is 0 Å². The Labute approximate surface area is 96.1 Å². The quantitative estimate of drug-likeness (QED) is 0.835. The van der Waals surface area contributed by atoms with Gasteiger partial charge < -0.3 is 5.32 Å². The van der Waals surface area contributed by atoms with Crippen molar-refractivity contribution in [3.63, 3.8) is 0 Å². The van der Waals surface area contributed by atoms with E-state index in [1.165, 1.54) is 54.4 Å². The molecule has 0 saturated carbocycles. The SMILES string of the molecule is Cc1nc(CC2CCCCNC2)sc1C. The first-order valence-corrected chi connectivity index (χ1v) is 6.71. The number of hydrogen-bond acceptors (Lipinski definition) is 3. The second-order valence-corrected chi connectivity index (χ2v) is 5.81. The third-order valence-corrected chi connectivity index (χ3v) is 4.28. The van der Waals surface area contributed by atoms with Crippen LogP contribution in [-0.4, -0.2) is 18.1 Å². The van der Waals surface area contributed by atoms with Crippen LogP contribution in [0.25, 0.3) is 0 Å². The molecule has 15 heavy (non-hydrogen) atoms. The Morgan fingerprint density at radius 2 is 2.27 bits per heavy atom. The minimum atomic E-state index is 0.803. The molecule has 1 aromatic heterocycles. The minimum absolute atomic E-state index is 0.803. The second kappa shape index (κ2) is 5.08. The van der Waals surface area contributed by atoms with E-state index in [1.54, 1.807) is 0 Å². The molecule has 1 unspecified atom stereocenters. The zero-order chi connectivity index (χ0) is 10.7. The average molecular weight is 224 g/mol. The van der Waals surface area contributed by atoms with Crippen molar-refractivity contribution in [2.24, 2.45) is 5.92 Å². The Kier molecular flexibility index (Phi) is 3.76. The number of hydrogen-bond donors (Lipinski definition) is 1. The van der Waals surface area contributed by atoms with Gasteiger partial charge in [-0.15, -0.1) is 11.3 Å². The van der Waals surface area contributed by atoms with Gasteiger partial charge in [-0.2, -0.15) is 0 Å². The first-order chi connectivity index (χ1) is 7.25. The van der Waals surface area contributed by atoms with E-state index in [0.29, 0.717) is 0 Å². The molecule has 3 heteroatoms. The molecular weight excluding hydrogens is 204 g/mol. The van der Waals surface area contributed by atoms with E-state index in [4.69, 9.17) is 0 Å². The lowest BCUT2D eigenvalue weighted by Gasteiger charge is -2.11. The van der Waals surface area contributed by atoms with Gasteiger partial charge in [-0.3, -0.25) is 0 Å². The summed E-state index contributed by atoms with van der Waals surface area (Å²) in [5, 5.41) is 4.85. The number of nitrogens with zero attached hydrogens (tertiary/aromatic N) is 1. The Morgan fingerprint density at radius 1 is 1.40 bits per heavy atom. The monoisotopic (exact) mass is 224 g/mol. The molecular formula is C12H20N2S. The number of aromatic nitrogens is 1. The molecule has 0 amide bonds. The fraction of sp³-hybridized carbons (Fsp3) is 0.750. The van der Waals surface area contributed by atoms with Crippen LogP contribution in [0.15, 0.2) is 0 Å². The Hall–Kier alpha value is -0.410. The van der Waals surface area contributed by atoms with Crippen LogP contribution < -0.4 is 5.32 Å². The first kappa shape index (κ1) is 11.1. The summed E-state index contributed by atoms with van der Waals surface area (Å²) < 4.78 is 0. The van der Waals surface area contributed by atoms with Crippen molar-refractivity contribution in [2.75, 3.05) is 13.1 Å². The molecule has 1 aliphatic heterocycles. The summed E-state index contributed by atoms with van der Waals surface area (Å²) in [6.07, 6.45) is 5.25. The fourth-order valence-corrected chi connectivity index (χ4v) is 3.19. The standard InChI is InChI=1S/C12H20N2S/c1-9-10(2)15-12(14-9)7-11-5-3-4-6-13-8-11/h11,13H,3-8H2,1-2H3. The molecule has 0 bridgehead atoms. The molecule has 84 valence electrons. The summed E-state index contributed by atoms with van der Waals surface area (Å²) in [6, 6.07) is 0. The van der Waals surface area contributed by atoms with Crippen LogP contribution in [0.4, 0.5) is 0 Å². The normalized spacial score (nSPS) is 22.7. The van der Waals surface area contributed by atoms with E-state index >= 15 is 0 Å². The van der Waals surface area contributed by atoms with E-state index in [9.17, 15) is 0 Å². The molecule has 2 rings (SSSR count). The van der Waals surface area contributed by atoms with Gasteiger partial charge in [0.1, 0.15) is 0 Å². The Morgan fingerprint density at radius 3 is 3.00 bits per heavy atom. The highest BCUT2D eigenvalue weighted by Crippen LogP contribution is 2.22. The van der Waals surface area contributed by atoms with Crippen LogP contribution in [0.3, 0.4) is 0 Å². The average Bonchev–Trinajstić information content (AvgIpc) is 2.45. The number of rotatable bonds is 2.